The second kappa shape index (κ2) is 7.00. The van der Waals surface area contributed by atoms with Crippen LogP contribution in [0.25, 0.3) is 0 Å². The number of piperazine rings is 1. The van der Waals surface area contributed by atoms with Crippen LogP contribution in [-0.2, 0) is 6.54 Å². The van der Waals surface area contributed by atoms with Crippen LogP contribution in [0.4, 0.5) is 5.69 Å². The molecule has 0 radical (unpaired) electrons. The molecule has 0 bridgehead atoms. The molecule has 0 amide bonds. The molecule has 1 aromatic carbocycles. The third-order valence-electron chi connectivity index (χ3n) is 4.17. The number of aromatic nitrogens is 2. The Morgan fingerprint density at radius 3 is 2.39 bits per heavy atom. The zero-order chi connectivity index (χ0) is 16.2. The Bertz CT molecular complexity index is 616. The molecule has 1 aromatic heterocycles. The van der Waals surface area contributed by atoms with Gasteiger partial charge in [0.15, 0.2) is 5.82 Å². The molecule has 1 aliphatic heterocycles. The minimum atomic E-state index is 0.305. The lowest BCUT2D eigenvalue weighted by Gasteiger charge is -2.35. The van der Waals surface area contributed by atoms with E-state index in [1.807, 2.05) is 12.1 Å². The van der Waals surface area contributed by atoms with Crippen molar-refractivity contribution >= 4 is 5.69 Å². The molecule has 6 nitrogen and oxygen atoms in total. The molecule has 2 heterocycles. The van der Waals surface area contributed by atoms with E-state index < -0.39 is 0 Å². The van der Waals surface area contributed by atoms with Crippen molar-refractivity contribution in [1.82, 2.24) is 15.0 Å². The summed E-state index contributed by atoms with van der Waals surface area (Å²) < 4.78 is 10.5. The van der Waals surface area contributed by atoms with Gasteiger partial charge in [0.05, 0.1) is 13.7 Å². The highest BCUT2D eigenvalue weighted by molar-refractivity contribution is 5.49. The van der Waals surface area contributed by atoms with Crippen LogP contribution in [0.5, 0.6) is 5.75 Å². The van der Waals surface area contributed by atoms with Crippen LogP contribution in [0, 0.1) is 0 Å². The van der Waals surface area contributed by atoms with Gasteiger partial charge in [-0.25, -0.2) is 0 Å². The summed E-state index contributed by atoms with van der Waals surface area (Å²) in [6.45, 7) is 8.85. The van der Waals surface area contributed by atoms with Crippen LogP contribution >= 0.6 is 0 Å². The first kappa shape index (κ1) is 15.8. The van der Waals surface area contributed by atoms with Crippen LogP contribution in [0.3, 0.4) is 0 Å². The maximum Gasteiger partial charge on any atom is 0.240 e. The number of methoxy groups -OCH3 is 1. The zero-order valence-corrected chi connectivity index (χ0v) is 14.0. The van der Waals surface area contributed by atoms with Crippen molar-refractivity contribution in [2.24, 2.45) is 0 Å². The van der Waals surface area contributed by atoms with Crippen LogP contribution < -0.4 is 9.64 Å². The fraction of sp³-hybridized carbons (Fsp3) is 0.529. The smallest absolute Gasteiger partial charge is 0.240 e. The van der Waals surface area contributed by atoms with Crippen LogP contribution in [-0.4, -0.2) is 48.3 Å². The Morgan fingerprint density at radius 1 is 1.13 bits per heavy atom. The van der Waals surface area contributed by atoms with E-state index in [4.69, 9.17) is 9.26 Å². The average molecular weight is 316 g/mol. The molecule has 1 fully saturated rings. The van der Waals surface area contributed by atoms with Crippen molar-refractivity contribution in [1.29, 1.82) is 0 Å². The molecular formula is C17H24N4O2. The summed E-state index contributed by atoms with van der Waals surface area (Å²) in [5, 5.41) is 4.02. The SMILES string of the molecule is COc1ccc(N2CCN(Cc3nc(C(C)C)no3)CC2)cc1. The minimum absolute atomic E-state index is 0.305. The highest BCUT2D eigenvalue weighted by Gasteiger charge is 2.20. The van der Waals surface area contributed by atoms with E-state index in [1.165, 1.54) is 5.69 Å². The first-order valence-corrected chi connectivity index (χ1v) is 8.09. The van der Waals surface area contributed by atoms with Crippen LogP contribution in [0.2, 0.25) is 0 Å². The van der Waals surface area contributed by atoms with Crippen molar-refractivity contribution < 1.29 is 9.26 Å². The van der Waals surface area contributed by atoms with Crippen LogP contribution in [0.15, 0.2) is 28.8 Å². The third kappa shape index (κ3) is 3.82. The van der Waals surface area contributed by atoms with Crippen molar-refractivity contribution in [2.75, 3.05) is 38.2 Å². The molecule has 124 valence electrons. The van der Waals surface area contributed by atoms with Crippen LogP contribution in [0.1, 0.15) is 31.5 Å². The molecule has 23 heavy (non-hydrogen) atoms. The Kier molecular flexibility index (Phi) is 4.81. The number of nitrogens with zero attached hydrogens (tertiary/aromatic N) is 4. The summed E-state index contributed by atoms with van der Waals surface area (Å²) in [6.07, 6.45) is 0. The summed E-state index contributed by atoms with van der Waals surface area (Å²) in [4.78, 5) is 9.20. The predicted molar refractivity (Wildman–Crippen MR) is 88.9 cm³/mol. The van der Waals surface area contributed by atoms with Gasteiger partial charge in [0.1, 0.15) is 5.75 Å². The van der Waals surface area contributed by atoms with Gasteiger partial charge in [-0.3, -0.25) is 4.90 Å². The number of rotatable bonds is 5. The lowest BCUT2D eigenvalue weighted by Crippen LogP contribution is -2.46. The van der Waals surface area contributed by atoms with Gasteiger partial charge in [-0.15, -0.1) is 0 Å². The molecule has 0 aliphatic carbocycles. The van der Waals surface area contributed by atoms with E-state index >= 15 is 0 Å². The van der Waals surface area contributed by atoms with E-state index in [0.29, 0.717) is 11.8 Å². The third-order valence-corrected chi connectivity index (χ3v) is 4.17. The molecule has 0 spiro atoms. The van der Waals surface area contributed by atoms with Gasteiger partial charge in [-0.05, 0) is 24.3 Å². The Labute approximate surface area is 137 Å². The molecule has 0 unspecified atom stereocenters. The lowest BCUT2D eigenvalue weighted by molar-refractivity contribution is 0.215. The minimum Gasteiger partial charge on any atom is -0.497 e. The Hall–Kier alpha value is -2.08. The van der Waals surface area contributed by atoms with Gasteiger partial charge in [-0.2, -0.15) is 4.98 Å². The number of hydrogen-bond donors (Lipinski definition) is 0. The number of ether oxygens (including phenoxy) is 1. The standard InChI is InChI=1S/C17H24N4O2/c1-13(2)17-18-16(23-19-17)12-20-8-10-21(11-9-20)14-4-6-15(22-3)7-5-14/h4-7,13H,8-12H2,1-3H3. The van der Waals surface area contributed by atoms with Crippen molar-refractivity contribution in [3.8, 4) is 5.75 Å². The Morgan fingerprint density at radius 2 is 1.83 bits per heavy atom. The maximum atomic E-state index is 5.34. The van der Waals surface area contributed by atoms with Gasteiger partial charge >= 0.3 is 0 Å². The zero-order valence-electron chi connectivity index (χ0n) is 14.0. The van der Waals surface area contributed by atoms with Crippen molar-refractivity contribution in [3.05, 3.63) is 36.0 Å². The molecule has 6 heteroatoms. The van der Waals surface area contributed by atoms with Gasteiger partial charge in [0.2, 0.25) is 5.89 Å². The van der Waals surface area contributed by atoms with E-state index in [9.17, 15) is 0 Å². The van der Waals surface area contributed by atoms with Gasteiger partial charge in [0, 0.05) is 37.8 Å². The number of anilines is 1. The molecule has 1 saturated heterocycles. The normalized spacial score (nSPS) is 16.1. The largest absolute Gasteiger partial charge is 0.497 e. The number of hydrogen-bond acceptors (Lipinski definition) is 6. The van der Waals surface area contributed by atoms with Crippen molar-refractivity contribution in [3.63, 3.8) is 0 Å². The van der Waals surface area contributed by atoms with Crippen molar-refractivity contribution in [2.45, 2.75) is 26.3 Å². The first-order chi connectivity index (χ1) is 11.2. The molecule has 0 saturated carbocycles. The highest BCUT2D eigenvalue weighted by Crippen LogP contribution is 2.21. The summed E-state index contributed by atoms with van der Waals surface area (Å²) in [5.41, 5.74) is 1.24. The summed E-state index contributed by atoms with van der Waals surface area (Å²) >= 11 is 0. The molecule has 2 aromatic rings. The fourth-order valence-electron chi connectivity index (χ4n) is 2.72. The van der Waals surface area contributed by atoms with Gasteiger partial charge in [-0.1, -0.05) is 19.0 Å². The summed E-state index contributed by atoms with van der Waals surface area (Å²) in [7, 11) is 1.69. The molecule has 3 rings (SSSR count). The molecule has 0 atom stereocenters. The fourth-order valence-corrected chi connectivity index (χ4v) is 2.72. The van der Waals surface area contributed by atoms with E-state index in [-0.39, 0.29) is 0 Å². The van der Waals surface area contributed by atoms with E-state index in [0.717, 1.165) is 44.3 Å². The average Bonchev–Trinajstić information content (AvgIpc) is 3.04. The summed E-state index contributed by atoms with van der Waals surface area (Å²) in [6, 6.07) is 8.24. The van der Waals surface area contributed by atoms with Gasteiger partial charge < -0.3 is 14.2 Å². The second-order valence-electron chi connectivity index (χ2n) is 6.16. The second-order valence-corrected chi connectivity index (χ2v) is 6.16. The van der Waals surface area contributed by atoms with Gasteiger partial charge in [0.25, 0.3) is 0 Å². The van der Waals surface area contributed by atoms with E-state index in [2.05, 4.69) is 45.9 Å². The monoisotopic (exact) mass is 316 g/mol. The quantitative estimate of drug-likeness (QED) is 0.845. The Balaban J connectivity index is 1.53. The number of benzene rings is 1. The lowest BCUT2D eigenvalue weighted by atomic mass is 10.2. The molecule has 0 N–H and O–H groups in total. The first-order valence-electron chi connectivity index (χ1n) is 8.09. The summed E-state index contributed by atoms with van der Waals surface area (Å²) in [5.74, 6) is 2.70. The molecular weight excluding hydrogens is 292 g/mol. The maximum absolute atomic E-state index is 5.34. The predicted octanol–water partition coefficient (Wildman–Crippen LogP) is 2.52. The topological polar surface area (TPSA) is 54.6 Å². The molecule has 1 aliphatic rings. The van der Waals surface area contributed by atoms with E-state index in [1.54, 1.807) is 7.11 Å². The highest BCUT2D eigenvalue weighted by atomic mass is 16.5.